The summed E-state index contributed by atoms with van der Waals surface area (Å²) in [6.45, 7) is 0.634. The van der Waals surface area contributed by atoms with Crippen LogP contribution in [0, 0.1) is 5.92 Å². The van der Waals surface area contributed by atoms with E-state index < -0.39 is 0 Å². The molecule has 0 aromatic carbocycles. The number of carbonyl (C=O) groups excluding carboxylic acids is 1. The van der Waals surface area contributed by atoms with Crippen LogP contribution in [0.3, 0.4) is 0 Å². The minimum absolute atomic E-state index is 0.421. The average Bonchev–Trinajstić information content (AvgIpc) is 2.33. The van der Waals surface area contributed by atoms with Crippen LogP contribution in [0.4, 0.5) is 0 Å². The highest BCUT2D eigenvalue weighted by atomic mass is 16.1. The molecule has 1 N–H and O–H groups in total. The fourth-order valence-electron chi connectivity index (χ4n) is 1.14. The van der Waals surface area contributed by atoms with Gasteiger partial charge in [-0.2, -0.15) is 0 Å². The van der Waals surface area contributed by atoms with E-state index in [2.05, 4.69) is 5.32 Å². The van der Waals surface area contributed by atoms with Crippen LogP contribution in [0.2, 0.25) is 0 Å². The van der Waals surface area contributed by atoms with E-state index in [-0.39, 0.29) is 0 Å². The molecule has 1 saturated carbocycles. The third-order valence-corrected chi connectivity index (χ3v) is 1.74. The lowest BCUT2D eigenvalue weighted by Crippen LogP contribution is -2.14. The molecule has 0 amide bonds. The van der Waals surface area contributed by atoms with Gasteiger partial charge >= 0.3 is 0 Å². The summed E-state index contributed by atoms with van der Waals surface area (Å²) in [5, 5.41) is 3.09. The van der Waals surface area contributed by atoms with Crippen LogP contribution in [0.5, 0.6) is 0 Å². The maximum atomic E-state index is 10.6. The number of fused-ring (bicyclic) bond motifs is 1. The summed E-state index contributed by atoms with van der Waals surface area (Å²) in [6, 6.07) is 0.590. The summed E-state index contributed by atoms with van der Waals surface area (Å²) in [5.74, 6) is 0.852. The number of rotatable bonds is 0. The number of Topliss-reactive ketones (excluding diaryl/α,β-unsaturated/α-hetero) is 1. The maximum Gasteiger partial charge on any atom is 0.151 e. The van der Waals surface area contributed by atoms with Gasteiger partial charge in [-0.05, 0) is 6.42 Å². The topological polar surface area (TPSA) is 29.1 Å². The van der Waals surface area contributed by atoms with Gasteiger partial charge in [-0.15, -0.1) is 0 Å². The van der Waals surface area contributed by atoms with Crippen molar-refractivity contribution < 1.29 is 4.79 Å². The first-order valence-electron chi connectivity index (χ1n) is 2.64. The van der Waals surface area contributed by atoms with Crippen LogP contribution >= 0.6 is 0 Å². The Morgan fingerprint density at radius 3 is 2.71 bits per heavy atom. The lowest BCUT2D eigenvalue weighted by molar-refractivity contribution is -0.118. The Labute approximate surface area is 41.9 Å². The second-order valence-corrected chi connectivity index (χ2v) is 2.30. The molecule has 2 atom stereocenters. The van der Waals surface area contributed by atoms with Gasteiger partial charge in [0.05, 0.1) is 6.54 Å². The molecule has 38 valence electrons. The minimum atomic E-state index is 0.421. The van der Waals surface area contributed by atoms with Crippen molar-refractivity contribution >= 4 is 5.78 Å². The molecule has 0 spiro atoms. The zero-order chi connectivity index (χ0) is 4.85. The second-order valence-electron chi connectivity index (χ2n) is 2.30. The first-order valence-corrected chi connectivity index (χ1v) is 2.64. The molecule has 2 rings (SSSR count). The van der Waals surface area contributed by atoms with Gasteiger partial charge in [-0.1, -0.05) is 0 Å². The Bertz CT molecular complexity index is 121. The first kappa shape index (κ1) is 3.61. The van der Waals surface area contributed by atoms with E-state index in [4.69, 9.17) is 0 Å². The predicted molar refractivity (Wildman–Crippen MR) is 24.9 cm³/mol. The number of hydrogen-bond donors (Lipinski definition) is 1. The van der Waals surface area contributed by atoms with E-state index in [1.807, 2.05) is 0 Å². The average molecular weight is 97.1 g/mol. The fraction of sp³-hybridized carbons (Fsp3) is 0.800. The molecule has 7 heavy (non-hydrogen) atoms. The van der Waals surface area contributed by atoms with Gasteiger partial charge in [0.15, 0.2) is 5.78 Å². The Hall–Kier alpha value is -0.370. The monoisotopic (exact) mass is 97.1 g/mol. The number of piperidine rings is 1. The zero-order valence-electron chi connectivity index (χ0n) is 3.98. The van der Waals surface area contributed by atoms with Gasteiger partial charge in [-0.25, -0.2) is 0 Å². The van der Waals surface area contributed by atoms with Crippen LogP contribution in [0.25, 0.3) is 0 Å². The van der Waals surface area contributed by atoms with Crippen LogP contribution in [0.15, 0.2) is 0 Å². The third-order valence-electron chi connectivity index (χ3n) is 1.74. The minimum Gasteiger partial charge on any atom is -0.306 e. The van der Waals surface area contributed by atoms with Gasteiger partial charge in [-0.3, -0.25) is 4.79 Å². The molecule has 1 heterocycles. The number of ketones is 1. The number of hydrogen-bond acceptors (Lipinski definition) is 2. The molecule has 2 fully saturated rings. The second kappa shape index (κ2) is 0.892. The SMILES string of the molecule is O=C1CN[C@@H]2C[C@@H]12. The Balaban J connectivity index is 2.21. The van der Waals surface area contributed by atoms with Gasteiger partial charge in [0.2, 0.25) is 0 Å². The molecular formula is C5H7NO. The standard InChI is InChI=1S/C5H7NO/c7-5-2-6-4-1-3(4)5/h3-4,6H,1-2H2/t3-,4-/m1/s1. The summed E-state index contributed by atoms with van der Waals surface area (Å²) in [5.41, 5.74) is 0. The lowest BCUT2D eigenvalue weighted by atomic mass is 10.3. The molecule has 1 aliphatic carbocycles. The Kier molecular flexibility index (Phi) is 0.460. The van der Waals surface area contributed by atoms with Crippen molar-refractivity contribution in [3.63, 3.8) is 0 Å². The molecular weight excluding hydrogens is 90.1 g/mol. The van der Waals surface area contributed by atoms with Crippen LogP contribution in [0.1, 0.15) is 6.42 Å². The Morgan fingerprint density at radius 1 is 1.71 bits per heavy atom. The first-order chi connectivity index (χ1) is 3.38. The molecule has 1 saturated heterocycles. The summed E-state index contributed by atoms with van der Waals surface area (Å²) < 4.78 is 0. The summed E-state index contributed by atoms with van der Waals surface area (Å²) in [7, 11) is 0. The van der Waals surface area contributed by atoms with Gasteiger partial charge in [0.25, 0.3) is 0 Å². The normalized spacial score (nSPS) is 46.6. The third kappa shape index (κ3) is 0.347. The van der Waals surface area contributed by atoms with Crippen LogP contribution in [-0.4, -0.2) is 18.4 Å². The van der Waals surface area contributed by atoms with Gasteiger partial charge < -0.3 is 5.32 Å². The number of carbonyl (C=O) groups is 1. The maximum absolute atomic E-state index is 10.6. The van der Waals surface area contributed by atoms with E-state index in [0.717, 1.165) is 6.42 Å². The highest BCUT2D eigenvalue weighted by molar-refractivity contribution is 5.89. The fourth-order valence-corrected chi connectivity index (χ4v) is 1.14. The van der Waals surface area contributed by atoms with Crippen molar-refractivity contribution in [2.24, 2.45) is 5.92 Å². The van der Waals surface area contributed by atoms with Crippen molar-refractivity contribution in [1.29, 1.82) is 0 Å². The van der Waals surface area contributed by atoms with E-state index in [1.54, 1.807) is 0 Å². The highest BCUT2D eigenvalue weighted by Gasteiger charge is 2.47. The quantitative estimate of drug-likeness (QED) is 0.443. The van der Waals surface area contributed by atoms with E-state index in [1.165, 1.54) is 0 Å². The van der Waals surface area contributed by atoms with Crippen molar-refractivity contribution in [1.82, 2.24) is 5.32 Å². The molecule has 0 radical (unpaired) electrons. The van der Waals surface area contributed by atoms with Crippen LogP contribution in [-0.2, 0) is 4.79 Å². The lowest BCUT2D eigenvalue weighted by Gasteiger charge is -1.85. The van der Waals surface area contributed by atoms with E-state index in [0.29, 0.717) is 24.3 Å². The van der Waals surface area contributed by atoms with E-state index in [9.17, 15) is 4.79 Å². The smallest absolute Gasteiger partial charge is 0.151 e. The van der Waals surface area contributed by atoms with Crippen molar-refractivity contribution in [3.05, 3.63) is 0 Å². The molecule has 0 bridgehead atoms. The molecule has 2 heteroatoms. The molecule has 2 aliphatic rings. The van der Waals surface area contributed by atoms with Crippen molar-refractivity contribution in [2.45, 2.75) is 12.5 Å². The summed E-state index contributed by atoms with van der Waals surface area (Å²) >= 11 is 0. The largest absolute Gasteiger partial charge is 0.306 e. The number of nitrogens with one attached hydrogen (secondary N) is 1. The predicted octanol–water partition coefficient (Wildman–Crippen LogP) is -0.453. The summed E-state index contributed by atoms with van der Waals surface area (Å²) in [4.78, 5) is 10.6. The molecule has 1 aliphatic heterocycles. The zero-order valence-corrected chi connectivity index (χ0v) is 3.98. The van der Waals surface area contributed by atoms with Crippen LogP contribution < -0.4 is 5.32 Å². The highest BCUT2D eigenvalue weighted by Crippen LogP contribution is 2.34. The van der Waals surface area contributed by atoms with Gasteiger partial charge in [0, 0.05) is 12.0 Å². The van der Waals surface area contributed by atoms with Crippen molar-refractivity contribution in [3.8, 4) is 0 Å². The summed E-state index contributed by atoms with van der Waals surface area (Å²) in [6.07, 6.45) is 1.11. The van der Waals surface area contributed by atoms with Crippen molar-refractivity contribution in [2.75, 3.05) is 6.54 Å². The Morgan fingerprint density at radius 2 is 2.57 bits per heavy atom. The van der Waals surface area contributed by atoms with Gasteiger partial charge in [0.1, 0.15) is 0 Å². The molecule has 2 nitrogen and oxygen atoms in total. The molecule has 0 unspecified atom stereocenters. The molecule has 0 aromatic heterocycles. The van der Waals surface area contributed by atoms with E-state index >= 15 is 0 Å². The molecule has 0 aromatic rings.